The first-order valence-electron chi connectivity index (χ1n) is 4.69. The number of rotatable bonds is 4. The van der Waals surface area contributed by atoms with Crippen molar-refractivity contribution in [2.75, 3.05) is 0 Å². The molecule has 2 atom stereocenters. The summed E-state index contributed by atoms with van der Waals surface area (Å²) in [6.07, 6.45) is 2.87. The Bertz CT molecular complexity index is 257. The fourth-order valence-electron chi connectivity index (χ4n) is 1.24. The molecule has 1 aromatic rings. The van der Waals surface area contributed by atoms with Gasteiger partial charge >= 0.3 is 0 Å². The quantitative estimate of drug-likeness (QED) is 0.701. The number of alkyl halides is 1. The maximum absolute atomic E-state index is 6.02. The smallest absolute Gasteiger partial charge is 0.0728 e. The number of nitrogens with zero attached hydrogens (tertiary/aromatic N) is 3. The standard InChI is InChI=1S/C9H16ClN3/c1-4-5-13-9(6-11-12-13)7(2)8(3)10/h6-8H,4-5H2,1-3H3. The van der Waals surface area contributed by atoms with Crippen molar-refractivity contribution in [2.45, 2.75) is 45.0 Å². The molecular weight excluding hydrogens is 186 g/mol. The molecule has 0 aliphatic carbocycles. The summed E-state index contributed by atoms with van der Waals surface area (Å²) in [7, 11) is 0. The minimum absolute atomic E-state index is 0.120. The highest BCUT2D eigenvalue weighted by molar-refractivity contribution is 6.20. The highest BCUT2D eigenvalue weighted by Gasteiger charge is 2.16. The van der Waals surface area contributed by atoms with E-state index in [1.54, 1.807) is 6.20 Å². The van der Waals surface area contributed by atoms with Crippen LogP contribution in [0.2, 0.25) is 0 Å². The molecule has 0 spiro atoms. The minimum atomic E-state index is 0.120. The van der Waals surface area contributed by atoms with Crippen molar-refractivity contribution >= 4 is 11.6 Å². The molecule has 3 nitrogen and oxygen atoms in total. The number of hydrogen-bond acceptors (Lipinski definition) is 2. The summed E-state index contributed by atoms with van der Waals surface area (Å²) in [6, 6.07) is 0. The van der Waals surface area contributed by atoms with Crippen LogP contribution in [0.5, 0.6) is 0 Å². The number of aromatic nitrogens is 3. The van der Waals surface area contributed by atoms with E-state index in [9.17, 15) is 0 Å². The summed E-state index contributed by atoms with van der Waals surface area (Å²) in [5.41, 5.74) is 1.13. The molecule has 1 rings (SSSR count). The first kappa shape index (κ1) is 10.5. The van der Waals surface area contributed by atoms with Crippen molar-refractivity contribution in [1.29, 1.82) is 0 Å². The summed E-state index contributed by atoms with van der Waals surface area (Å²) in [4.78, 5) is 0. The minimum Gasteiger partial charge on any atom is -0.249 e. The third-order valence-electron chi connectivity index (χ3n) is 2.24. The van der Waals surface area contributed by atoms with Gasteiger partial charge in [-0.15, -0.1) is 16.7 Å². The Hall–Kier alpha value is -0.570. The summed E-state index contributed by atoms with van der Waals surface area (Å²) in [6.45, 7) is 7.14. The van der Waals surface area contributed by atoms with Crippen molar-refractivity contribution in [2.24, 2.45) is 0 Å². The van der Waals surface area contributed by atoms with Gasteiger partial charge in [-0.1, -0.05) is 19.1 Å². The van der Waals surface area contributed by atoms with Gasteiger partial charge in [-0.25, -0.2) is 4.68 Å². The molecule has 74 valence electrons. The van der Waals surface area contributed by atoms with Gasteiger partial charge in [0.1, 0.15) is 0 Å². The highest BCUT2D eigenvalue weighted by atomic mass is 35.5. The molecule has 1 aromatic heterocycles. The average molecular weight is 202 g/mol. The maximum atomic E-state index is 6.02. The molecule has 0 saturated carbocycles. The van der Waals surface area contributed by atoms with Crippen molar-refractivity contribution in [1.82, 2.24) is 15.0 Å². The molecule has 0 saturated heterocycles. The van der Waals surface area contributed by atoms with Gasteiger partial charge in [0.2, 0.25) is 0 Å². The third-order valence-corrected chi connectivity index (χ3v) is 2.62. The monoisotopic (exact) mass is 201 g/mol. The fraction of sp³-hybridized carbons (Fsp3) is 0.778. The molecule has 1 heterocycles. The van der Waals surface area contributed by atoms with E-state index in [4.69, 9.17) is 11.6 Å². The van der Waals surface area contributed by atoms with Crippen molar-refractivity contribution < 1.29 is 0 Å². The molecule has 4 heteroatoms. The Morgan fingerprint density at radius 2 is 2.23 bits per heavy atom. The molecule has 0 bridgehead atoms. The number of aryl methyl sites for hydroxylation is 1. The van der Waals surface area contributed by atoms with Gasteiger partial charge in [0, 0.05) is 17.8 Å². The zero-order chi connectivity index (χ0) is 9.84. The zero-order valence-electron chi connectivity index (χ0n) is 8.37. The first-order valence-corrected chi connectivity index (χ1v) is 5.13. The molecule has 0 aromatic carbocycles. The zero-order valence-corrected chi connectivity index (χ0v) is 9.12. The molecule has 0 amide bonds. The van der Waals surface area contributed by atoms with Gasteiger partial charge in [0.05, 0.1) is 11.9 Å². The SMILES string of the molecule is CCCn1nncc1C(C)C(C)Cl. The molecule has 0 aliphatic rings. The van der Waals surface area contributed by atoms with Crippen molar-refractivity contribution in [3.05, 3.63) is 11.9 Å². The van der Waals surface area contributed by atoms with E-state index >= 15 is 0 Å². The van der Waals surface area contributed by atoms with Crippen LogP contribution < -0.4 is 0 Å². The van der Waals surface area contributed by atoms with E-state index < -0.39 is 0 Å². The van der Waals surface area contributed by atoms with Crippen LogP contribution in [0.15, 0.2) is 6.20 Å². The Morgan fingerprint density at radius 1 is 1.54 bits per heavy atom. The maximum Gasteiger partial charge on any atom is 0.0728 e. The lowest BCUT2D eigenvalue weighted by molar-refractivity contribution is 0.530. The van der Waals surface area contributed by atoms with Crippen LogP contribution in [-0.4, -0.2) is 20.4 Å². The summed E-state index contributed by atoms with van der Waals surface area (Å²) in [5, 5.41) is 8.04. The molecule has 0 N–H and O–H groups in total. The van der Waals surface area contributed by atoms with Gasteiger partial charge in [-0.3, -0.25) is 0 Å². The van der Waals surface area contributed by atoms with E-state index in [1.807, 2.05) is 11.6 Å². The average Bonchev–Trinajstić information content (AvgIpc) is 2.52. The van der Waals surface area contributed by atoms with Crippen LogP contribution in [0.25, 0.3) is 0 Å². The van der Waals surface area contributed by atoms with E-state index in [1.165, 1.54) is 0 Å². The van der Waals surface area contributed by atoms with Crippen LogP contribution in [0.1, 0.15) is 38.8 Å². The van der Waals surface area contributed by atoms with Crippen molar-refractivity contribution in [3.63, 3.8) is 0 Å². The lowest BCUT2D eigenvalue weighted by atomic mass is 10.1. The van der Waals surface area contributed by atoms with Gasteiger partial charge < -0.3 is 0 Å². The Labute approximate surface area is 84.1 Å². The van der Waals surface area contributed by atoms with Gasteiger partial charge in [-0.05, 0) is 13.3 Å². The summed E-state index contributed by atoms with van der Waals surface area (Å²) < 4.78 is 1.93. The van der Waals surface area contributed by atoms with E-state index in [-0.39, 0.29) is 5.38 Å². The van der Waals surface area contributed by atoms with Gasteiger partial charge in [0.25, 0.3) is 0 Å². The number of halogens is 1. The molecular formula is C9H16ClN3. The van der Waals surface area contributed by atoms with E-state index in [0.29, 0.717) is 5.92 Å². The molecule has 0 fully saturated rings. The lowest BCUT2D eigenvalue weighted by Gasteiger charge is -2.14. The largest absolute Gasteiger partial charge is 0.249 e. The van der Waals surface area contributed by atoms with Crippen LogP contribution in [0.3, 0.4) is 0 Å². The normalized spacial score (nSPS) is 15.7. The Morgan fingerprint density at radius 3 is 2.77 bits per heavy atom. The second-order valence-corrected chi connectivity index (χ2v) is 4.04. The van der Waals surface area contributed by atoms with Crippen LogP contribution in [0, 0.1) is 0 Å². The fourth-order valence-corrected chi connectivity index (χ4v) is 1.37. The lowest BCUT2D eigenvalue weighted by Crippen LogP contribution is -2.12. The van der Waals surface area contributed by atoms with E-state index in [0.717, 1.165) is 18.7 Å². The molecule has 0 radical (unpaired) electrons. The van der Waals surface area contributed by atoms with E-state index in [2.05, 4.69) is 24.2 Å². The molecule has 2 unspecified atom stereocenters. The topological polar surface area (TPSA) is 30.7 Å². The van der Waals surface area contributed by atoms with Crippen LogP contribution >= 0.6 is 11.6 Å². The van der Waals surface area contributed by atoms with Crippen LogP contribution in [-0.2, 0) is 6.54 Å². The molecule has 0 aliphatic heterocycles. The van der Waals surface area contributed by atoms with Gasteiger partial charge in [-0.2, -0.15) is 0 Å². The number of hydrogen-bond donors (Lipinski definition) is 0. The van der Waals surface area contributed by atoms with Crippen LogP contribution in [0.4, 0.5) is 0 Å². The van der Waals surface area contributed by atoms with Crippen molar-refractivity contribution in [3.8, 4) is 0 Å². The predicted octanol–water partition coefficient (Wildman–Crippen LogP) is 2.42. The summed E-state index contributed by atoms with van der Waals surface area (Å²) in [5.74, 6) is 0.309. The Balaban J connectivity index is 2.80. The predicted molar refractivity (Wildman–Crippen MR) is 54.0 cm³/mol. The first-order chi connectivity index (χ1) is 6.16. The molecule has 13 heavy (non-hydrogen) atoms. The highest BCUT2D eigenvalue weighted by Crippen LogP contribution is 2.21. The Kier molecular flexibility index (Phi) is 3.72. The third kappa shape index (κ3) is 2.44. The summed E-state index contributed by atoms with van der Waals surface area (Å²) >= 11 is 6.02. The van der Waals surface area contributed by atoms with Gasteiger partial charge in [0.15, 0.2) is 0 Å². The second-order valence-electron chi connectivity index (χ2n) is 3.35. The second kappa shape index (κ2) is 4.61.